The number of H-pyrrole nitrogens is 1. The van der Waals surface area contributed by atoms with Crippen molar-refractivity contribution < 1.29 is 4.79 Å². The molecule has 7 nitrogen and oxygen atoms in total. The van der Waals surface area contributed by atoms with Crippen LogP contribution >= 0.6 is 0 Å². The van der Waals surface area contributed by atoms with Gasteiger partial charge in [-0.3, -0.25) is 10.1 Å². The van der Waals surface area contributed by atoms with Crippen LogP contribution < -0.4 is 10.2 Å². The van der Waals surface area contributed by atoms with Gasteiger partial charge in [0.15, 0.2) is 5.82 Å². The van der Waals surface area contributed by atoms with Crippen LogP contribution in [0.25, 0.3) is 11.3 Å². The third-order valence-electron chi connectivity index (χ3n) is 4.72. The Morgan fingerprint density at radius 2 is 1.85 bits per heavy atom. The normalized spacial score (nSPS) is 14.3. The van der Waals surface area contributed by atoms with Crippen LogP contribution in [-0.2, 0) is 0 Å². The quantitative estimate of drug-likeness (QED) is 0.750. The van der Waals surface area contributed by atoms with E-state index in [9.17, 15) is 4.79 Å². The van der Waals surface area contributed by atoms with Gasteiger partial charge in [0.2, 0.25) is 0 Å². The summed E-state index contributed by atoms with van der Waals surface area (Å²) in [7, 11) is 0. The summed E-state index contributed by atoms with van der Waals surface area (Å²) in [6.07, 6.45) is 3.53. The number of hydrogen-bond acceptors (Lipinski definition) is 4. The van der Waals surface area contributed by atoms with Gasteiger partial charge < -0.3 is 15.1 Å². The number of aromatic nitrogens is 3. The highest BCUT2D eigenvalue weighted by molar-refractivity contribution is 5.89. The number of piperazine rings is 1. The van der Waals surface area contributed by atoms with Crippen LogP contribution in [0.5, 0.6) is 0 Å². The van der Waals surface area contributed by atoms with Gasteiger partial charge in [-0.05, 0) is 36.8 Å². The summed E-state index contributed by atoms with van der Waals surface area (Å²) in [6.45, 7) is 4.84. The van der Waals surface area contributed by atoms with Crippen molar-refractivity contribution in [3.63, 3.8) is 0 Å². The second-order valence-corrected chi connectivity index (χ2v) is 6.65. The third kappa shape index (κ3) is 3.92. The van der Waals surface area contributed by atoms with E-state index in [0.29, 0.717) is 13.1 Å². The number of amides is 2. The summed E-state index contributed by atoms with van der Waals surface area (Å²) >= 11 is 0. The van der Waals surface area contributed by atoms with E-state index in [2.05, 4.69) is 25.4 Å². The lowest BCUT2D eigenvalue weighted by molar-refractivity contribution is 0.208. The molecule has 7 heteroatoms. The maximum Gasteiger partial charge on any atom is 0.321 e. The molecule has 1 aliphatic heterocycles. The Kier molecular flexibility index (Phi) is 4.74. The van der Waals surface area contributed by atoms with E-state index in [1.807, 2.05) is 54.3 Å². The molecule has 3 heterocycles. The number of anilines is 2. The Morgan fingerprint density at radius 3 is 2.59 bits per heavy atom. The summed E-state index contributed by atoms with van der Waals surface area (Å²) < 4.78 is 0. The fourth-order valence-corrected chi connectivity index (χ4v) is 3.22. The van der Waals surface area contributed by atoms with E-state index in [1.165, 1.54) is 0 Å². The Morgan fingerprint density at radius 1 is 1.07 bits per heavy atom. The molecule has 2 amide bonds. The van der Waals surface area contributed by atoms with Gasteiger partial charge in [-0.25, -0.2) is 4.79 Å². The van der Waals surface area contributed by atoms with Crippen molar-refractivity contribution in [2.75, 3.05) is 36.4 Å². The lowest BCUT2D eigenvalue weighted by atomic mass is 10.2. The molecule has 0 bridgehead atoms. The molecule has 1 aliphatic rings. The first-order valence-corrected chi connectivity index (χ1v) is 9.02. The molecule has 0 aliphatic carbocycles. The highest BCUT2D eigenvalue weighted by Crippen LogP contribution is 2.22. The predicted octanol–water partition coefficient (Wildman–Crippen LogP) is 3.13. The molecule has 2 N–H and O–H groups in total. The van der Waals surface area contributed by atoms with E-state index < -0.39 is 0 Å². The molecule has 0 spiro atoms. The first-order chi connectivity index (χ1) is 13.2. The van der Waals surface area contributed by atoms with Gasteiger partial charge in [0.05, 0.1) is 5.69 Å². The van der Waals surface area contributed by atoms with Crippen LogP contribution in [0.15, 0.2) is 54.9 Å². The maximum atomic E-state index is 12.5. The average molecular weight is 362 g/mol. The minimum absolute atomic E-state index is 0.0558. The molecule has 0 unspecified atom stereocenters. The Labute approximate surface area is 158 Å². The number of nitrogens with one attached hydrogen (secondary N) is 2. The maximum absolute atomic E-state index is 12.5. The fourth-order valence-electron chi connectivity index (χ4n) is 3.22. The van der Waals surface area contributed by atoms with Crippen LogP contribution in [0, 0.1) is 6.92 Å². The molecule has 1 aromatic carbocycles. The van der Waals surface area contributed by atoms with Gasteiger partial charge in [-0.15, -0.1) is 0 Å². The number of nitrogens with zero attached hydrogens (tertiary/aromatic N) is 4. The fraction of sp³-hybridized carbons (Fsp3) is 0.250. The zero-order valence-electron chi connectivity index (χ0n) is 15.2. The molecule has 0 radical (unpaired) electrons. The SMILES string of the molecule is Cc1cccc(NC(=O)N2CCN(c3cc(-c4ccncc4)[nH]n3)CC2)c1. The van der Waals surface area contributed by atoms with Crippen molar-refractivity contribution in [1.29, 1.82) is 0 Å². The molecule has 4 rings (SSSR count). The molecule has 27 heavy (non-hydrogen) atoms. The van der Waals surface area contributed by atoms with Crippen LogP contribution in [0.3, 0.4) is 0 Å². The molecular weight excluding hydrogens is 340 g/mol. The summed E-state index contributed by atoms with van der Waals surface area (Å²) in [4.78, 5) is 20.6. The predicted molar refractivity (Wildman–Crippen MR) is 106 cm³/mol. The van der Waals surface area contributed by atoms with Crippen LogP contribution in [-0.4, -0.2) is 52.3 Å². The van der Waals surface area contributed by atoms with Gasteiger partial charge in [0.1, 0.15) is 0 Å². The van der Waals surface area contributed by atoms with Crippen molar-refractivity contribution in [3.8, 4) is 11.3 Å². The number of urea groups is 1. The summed E-state index contributed by atoms with van der Waals surface area (Å²) in [6, 6.07) is 13.7. The molecule has 1 saturated heterocycles. The number of carbonyl (C=O) groups is 1. The van der Waals surface area contributed by atoms with Gasteiger partial charge >= 0.3 is 6.03 Å². The van der Waals surface area contributed by atoms with E-state index in [4.69, 9.17) is 0 Å². The van der Waals surface area contributed by atoms with Gasteiger partial charge in [-0.1, -0.05) is 12.1 Å². The van der Waals surface area contributed by atoms with E-state index in [-0.39, 0.29) is 6.03 Å². The molecule has 3 aromatic rings. The second kappa shape index (κ2) is 7.49. The summed E-state index contributed by atoms with van der Waals surface area (Å²) in [5.41, 5.74) is 3.98. The number of rotatable bonds is 3. The Bertz CT molecular complexity index is 915. The largest absolute Gasteiger partial charge is 0.352 e. The third-order valence-corrected chi connectivity index (χ3v) is 4.72. The zero-order chi connectivity index (χ0) is 18.6. The van der Waals surface area contributed by atoms with E-state index >= 15 is 0 Å². The number of pyridine rings is 1. The van der Waals surface area contributed by atoms with Crippen LogP contribution in [0.2, 0.25) is 0 Å². The Balaban J connectivity index is 1.35. The number of carbonyl (C=O) groups excluding carboxylic acids is 1. The molecular formula is C20H22N6O. The number of aryl methyl sites for hydroxylation is 1. The highest BCUT2D eigenvalue weighted by Gasteiger charge is 2.22. The standard InChI is InChI=1S/C20H22N6O/c1-15-3-2-4-17(13-15)22-20(27)26-11-9-25(10-12-26)19-14-18(23-24-19)16-5-7-21-8-6-16/h2-8,13-14H,9-12H2,1H3,(H,22,27)(H,23,24). The molecule has 2 aromatic heterocycles. The molecule has 0 atom stereocenters. The molecule has 0 saturated carbocycles. The van der Waals surface area contributed by atoms with E-state index in [1.54, 1.807) is 12.4 Å². The van der Waals surface area contributed by atoms with Gasteiger partial charge in [0.25, 0.3) is 0 Å². The summed E-state index contributed by atoms with van der Waals surface area (Å²) in [5, 5.41) is 10.5. The van der Waals surface area contributed by atoms with Crippen molar-refractivity contribution in [1.82, 2.24) is 20.1 Å². The van der Waals surface area contributed by atoms with Crippen molar-refractivity contribution in [3.05, 3.63) is 60.4 Å². The highest BCUT2D eigenvalue weighted by atomic mass is 16.2. The topological polar surface area (TPSA) is 77.2 Å². The minimum atomic E-state index is -0.0558. The van der Waals surface area contributed by atoms with Crippen molar-refractivity contribution in [2.45, 2.75) is 6.92 Å². The van der Waals surface area contributed by atoms with Crippen molar-refractivity contribution >= 4 is 17.5 Å². The van der Waals surface area contributed by atoms with Gasteiger partial charge in [0, 0.05) is 55.9 Å². The first kappa shape index (κ1) is 17.1. The van der Waals surface area contributed by atoms with Crippen molar-refractivity contribution in [2.24, 2.45) is 0 Å². The number of benzene rings is 1. The van der Waals surface area contributed by atoms with Gasteiger partial charge in [-0.2, -0.15) is 5.10 Å². The smallest absolute Gasteiger partial charge is 0.321 e. The number of hydrogen-bond donors (Lipinski definition) is 2. The molecule has 1 fully saturated rings. The second-order valence-electron chi connectivity index (χ2n) is 6.65. The lowest BCUT2D eigenvalue weighted by Gasteiger charge is -2.34. The average Bonchev–Trinajstić information content (AvgIpc) is 3.19. The molecule has 138 valence electrons. The minimum Gasteiger partial charge on any atom is -0.352 e. The van der Waals surface area contributed by atoms with E-state index in [0.717, 1.165) is 41.4 Å². The lowest BCUT2D eigenvalue weighted by Crippen LogP contribution is -2.50. The van der Waals surface area contributed by atoms with Crippen LogP contribution in [0.4, 0.5) is 16.3 Å². The Hall–Kier alpha value is -3.35. The zero-order valence-corrected chi connectivity index (χ0v) is 15.2. The summed E-state index contributed by atoms with van der Waals surface area (Å²) in [5.74, 6) is 0.903. The number of aromatic amines is 1. The monoisotopic (exact) mass is 362 g/mol. The first-order valence-electron chi connectivity index (χ1n) is 9.02. The van der Waals surface area contributed by atoms with Crippen LogP contribution in [0.1, 0.15) is 5.56 Å².